The van der Waals surface area contributed by atoms with E-state index in [4.69, 9.17) is 8.83 Å². The van der Waals surface area contributed by atoms with Gasteiger partial charge in [0.05, 0.1) is 22.7 Å². The van der Waals surface area contributed by atoms with Gasteiger partial charge in [-0.2, -0.15) is 0 Å². The second-order valence-electron chi connectivity index (χ2n) is 15.4. The summed E-state index contributed by atoms with van der Waals surface area (Å²) in [4.78, 5) is 4.78. The van der Waals surface area contributed by atoms with Crippen LogP contribution >= 0.6 is 0 Å². The third-order valence-electron chi connectivity index (χ3n) is 12.0. The molecule has 10 aromatic carbocycles. The topological polar surface area (TPSA) is 32.8 Å². The summed E-state index contributed by atoms with van der Waals surface area (Å²) in [5.74, 6) is 0. The van der Waals surface area contributed by atoms with Crippen LogP contribution in [-0.2, 0) is 0 Å². The van der Waals surface area contributed by atoms with Crippen molar-refractivity contribution in [3.05, 3.63) is 193 Å². The average Bonchev–Trinajstić information content (AvgIpc) is 3.84. The Hall–Kier alpha value is -7.56. The third-order valence-corrected chi connectivity index (χ3v) is 12.0. The summed E-state index contributed by atoms with van der Waals surface area (Å²) in [6.45, 7) is 4.34. The highest BCUT2D eigenvalue weighted by atomic mass is 16.3. The number of hydrogen-bond donors (Lipinski definition) is 0. The molecular weight excluding hydrogens is 709 g/mol. The molecule has 0 unspecified atom stereocenters. The molecular formula is C54H36N2O2. The first kappa shape index (κ1) is 32.7. The van der Waals surface area contributed by atoms with E-state index in [1.807, 2.05) is 12.1 Å². The van der Waals surface area contributed by atoms with E-state index < -0.39 is 0 Å². The van der Waals surface area contributed by atoms with Gasteiger partial charge >= 0.3 is 0 Å². The van der Waals surface area contributed by atoms with Crippen LogP contribution in [-0.4, -0.2) is 0 Å². The maximum Gasteiger partial charge on any atom is 0.159 e. The lowest BCUT2D eigenvalue weighted by atomic mass is 9.91. The Bertz CT molecular complexity index is 3570. The molecule has 0 saturated heterocycles. The van der Waals surface area contributed by atoms with Crippen LogP contribution in [0.25, 0.3) is 76.2 Å². The molecule has 0 atom stereocenters. The minimum atomic E-state index is 0.867. The van der Waals surface area contributed by atoms with E-state index in [-0.39, 0.29) is 0 Å². The van der Waals surface area contributed by atoms with Crippen molar-refractivity contribution in [3.63, 3.8) is 0 Å². The molecule has 2 heterocycles. The van der Waals surface area contributed by atoms with E-state index >= 15 is 0 Å². The van der Waals surface area contributed by atoms with Crippen molar-refractivity contribution in [1.29, 1.82) is 0 Å². The Morgan fingerprint density at radius 3 is 1.43 bits per heavy atom. The number of benzene rings is 10. The zero-order valence-electron chi connectivity index (χ0n) is 32.0. The van der Waals surface area contributed by atoms with Crippen LogP contribution in [0.2, 0.25) is 0 Å². The van der Waals surface area contributed by atoms with Crippen molar-refractivity contribution >= 4 is 110 Å². The fourth-order valence-electron chi connectivity index (χ4n) is 9.36. The Kier molecular flexibility index (Phi) is 7.02. The number of nitrogens with zero attached hydrogens (tertiary/aromatic N) is 2. The normalized spacial score (nSPS) is 12.0. The van der Waals surface area contributed by atoms with Gasteiger partial charge in [0.2, 0.25) is 0 Å². The molecule has 12 aromatic rings. The molecule has 0 spiro atoms. The van der Waals surface area contributed by atoms with Crippen molar-refractivity contribution in [2.24, 2.45) is 0 Å². The van der Waals surface area contributed by atoms with E-state index in [0.29, 0.717) is 0 Å². The largest absolute Gasteiger partial charge is 0.454 e. The van der Waals surface area contributed by atoms with Gasteiger partial charge in [-0.05, 0) is 101 Å². The predicted molar refractivity (Wildman–Crippen MR) is 244 cm³/mol. The highest BCUT2D eigenvalue weighted by Crippen LogP contribution is 2.50. The number of furan rings is 2. The van der Waals surface area contributed by atoms with Crippen molar-refractivity contribution in [1.82, 2.24) is 0 Å². The Balaban J connectivity index is 1.14. The molecule has 0 fully saturated rings. The zero-order chi connectivity index (χ0) is 38.5. The molecule has 4 nitrogen and oxygen atoms in total. The van der Waals surface area contributed by atoms with Crippen LogP contribution < -0.4 is 9.80 Å². The quantitative estimate of drug-likeness (QED) is 0.159. The molecule has 0 N–H and O–H groups in total. The fourth-order valence-corrected chi connectivity index (χ4v) is 9.36. The summed E-state index contributed by atoms with van der Waals surface area (Å²) >= 11 is 0. The Labute approximate surface area is 334 Å². The zero-order valence-corrected chi connectivity index (χ0v) is 32.0. The summed E-state index contributed by atoms with van der Waals surface area (Å²) in [5, 5.41) is 11.6. The lowest BCUT2D eigenvalue weighted by Gasteiger charge is -2.30. The number of rotatable bonds is 6. The van der Waals surface area contributed by atoms with Gasteiger partial charge in [-0.3, -0.25) is 0 Å². The van der Waals surface area contributed by atoms with Crippen LogP contribution in [0.5, 0.6) is 0 Å². The van der Waals surface area contributed by atoms with Crippen LogP contribution in [0.3, 0.4) is 0 Å². The van der Waals surface area contributed by atoms with Crippen LogP contribution in [0.4, 0.5) is 34.1 Å². The van der Waals surface area contributed by atoms with Gasteiger partial charge < -0.3 is 18.6 Å². The van der Waals surface area contributed by atoms with Crippen LogP contribution in [0, 0.1) is 13.8 Å². The average molecular weight is 745 g/mol. The lowest BCUT2D eigenvalue weighted by molar-refractivity contribution is 0.668. The molecule has 4 heteroatoms. The smallest absolute Gasteiger partial charge is 0.159 e. The molecule has 0 aliphatic heterocycles. The Morgan fingerprint density at radius 2 is 0.828 bits per heavy atom. The first-order valence-corrected chi connectivity index (χ1v) is 19.8. The molecule has 274 valence electrons. The molecule has 0 aliphatic carbocycles. The monoisotopic (exact) mass is 744 g/mol. The van der Waals surface area contributed by atoms with Gasteiger partial charge in [0.15, 0.2) is 11.2 Å². The molecule has 0 radical (unpaired) electrons. The highest BCUT2D eigenvalue weighted by Gasteiger charge is 2.26. The molecule has 0 saturated carbocycles. The summed E-state index contributed by atoms with van der Waals surface area (Å²) < 4.78 is 13.4. The van der Waals surface area contributed by atoms with Crippen molar-refractivity contribution in [3.8, 4) is 0 Å². The van der Waals surface area contributed by atoms with E-state index in [2.05, 4.69) is 194 Å². The number of fused-ring (bicyclic) bond motifs is 6. The molecule has 58 heavy (non-hydrogen) atoms. The van der Waals surface area contributed by atoms with E-state index in [9.17, 15) is 0 Å². The first-order chi connectivity index (χ1) is 28.6. The van der Waals surface area contributed by atoms with Crippen LogP contribution in [0.1, 0.15) is 11.1 Å². The van der Waals surface area contributed by atoms with Crippen molar-refractivity contribution < 1.29 is 8.83 Å². The standard InChI is InChI=1S/C54H36N2O2/c1-33-12-9-14-37(32-33)55(47-20-10-17-40-38-15-4-7-22-49(38)57-53(40)47)45-30-26-35-25-29-43-46(31-27-36-24-28-42(45)51(35)52(36)43)56(44-19-6-3-13-34(44)2)48-21-11-18-41-39-16-5-8-23-50(39)58-54(41)48/h3-32H,1-2H3. The summed E-state index contributed by atoms with van der Waals surface area (Å²) in [5.41, 5.74) is 12.2. The van der Waals surface area contributed by atoms with Crippen molar-refractivity contribution in [2.75, 3.05) is 9.80 Å². The van der Waals surface area contributed by atoms with Gasteiger partial charge in [0, 0.05) is 43.7 Å². The predicted octanol–water partition coefficient (Wildman–Crippen LogP) is 15.9. The SMILES string of the molecule is Cc1cccc(N(c2ccc3ccc4c(N(c5ccccc5C)c5cccc6c5oc5ccccc56)ccc5ccc2c3c54)c2cccc3c2oc2ccccc23)c1. The molecule has 2 aromatic heterocycles. The number of aryl methyl sites for hydroxylation is 2. The van der Waals surface area contributed by atoms with Gasteiger partial charge in [0.1, 0.15) is 11.2 Å². The summed E-state index contributed by atoms with van der Waals surface area (Å²) in [6.07, 6.45) is 0. The second-order valence-corrected chi connectivity index (χ2v) is 15.4. The van der Waals surface area contributed by atoms with E-state index in [1.165, 1.54) is 43.4 Å². The minimum Gasteiger partial charge on any atom is -0.454 e. The molecule has 12 rings (SSSR count). The second kappa shape index (κ2) is 12.5. The lowest BCUT2D eigenvalue weighted by Crippen LogP contribution is -2.12. The maximum atomic E-state index is 6.70. The fraction of sp³-hybridized carbons (Fsp3) is 0.0370. The molecule has 0 amide bonds. The first-order valence-electron chi connectivity index (χ1n) is 19.8. The van der Waals surface area contributed by atoms with E-state index in [1.54, 1.807) is 0 Å². The number of anilines is 6. The van der Waals surface area contributed by atoms with Crippen molar-refractivity contribution in [2.45, 2.75) is 13.8 Å². The van der Waals surface area contributed by atoms with E-state index in [0.717, 1.165) is 78.0 Å². The van der Waals surface area contributed by atoms with Crippen LogP contribution in [0.15, 0.2) is 191 Å². The van der Waals surface area contributed by atoms with Gasteiger partial charge in [-0.1, -0.05) is 127 Å². The van der Waals surface area contributed by atoms with Gasteiger partial charge in [0.25, 0.3) is 0 Å². The minimum absolute atomic E-state index is 0.867. The van der Waals surface area contributed by atoms with Gasteiger partial charge in [-0.25, -0.2) is 0 Å². The maximum absolute atomic E-state index is 6.70. The van der Waals surface area contributed by atoms with Gasteiger partial charge in [-0.15, -0.1) is 0 Å². The molecule has 0 bridgehead atoms. The Morgan fingerprint density at radius 1 is 0.345 bits per heavy atom. The summed E-state index contributed by atoms with van der Waals surface area (Å²) in [7, 11) is 0. The molecule has 0 aliphatic rings. The number of para-hydroxylation sites is 5. The summed E-state index contributed by atoms with van der Waals surface area (Å²) in [6, 6.07) is 65.3. The highest BCUT2D eigenvalue weighted by molar-refractivity contribution is 6.28. The number of hydrogen-bond acceptors (Lipinski definition) is 4. The third kappa shape index (κ3) is 4.75.